The molecule has 0 aliphatic carbocycles. The van der Waals surface area contributed by atoms with Gasteiger partial charge in [0.1, 0.15) is 24.2 Å². The van der Waals surface area contributed by atoms with Gasteiger partial charge in [-0.3, -0.25) is 24.2 Å². The number of nitrogens with zero attached hydrogens (tertiary/aromatic N) is 2. The van der Waals surface area contributed by atoms with E-state index in [0.717, 1.165) is 0 Å². The lowest BCUT2D eigenvalue weighted by Crippen LogP contribution is -2.60. The van der Waals surface area contributed by atoms with Crippen molar-refractivity contribution in [3.8, 4) is 0 Å². The SMILES string of the molecule is C[C@@H]1NC(=O)[C@@H]2CCCN2C(=O)[C@H](CCCN=C(N)N)NC(=O)[C@H](CCCCN)NC1=O. The fraction of sp³-hybridized carbons (Fsp3) is 0.750. The molecule has 4 atom stereocenters. The van der Waals surface area contributed by atoms with Gasteiger partial charge in [0.2, 0.25) is 23.6 Å². The summed E-state index contributed by atoms with van der Waals surface area (Å²) in [6, 6.07) is -3.19. The van der Waals surface area contributed by atoms with Crippen LogP contribution in [-0.4, -0.2) is 78.3 Å². The maximum absolute atomic E-state index is 13.3. The third-order valence-electron chi connectivity index (χ3n) is 5.73. The van der Waals surface area contributed by atoms with E-state index in [4.69, 9.17) is 17.2 Å². The number of carbonyl (C=O) groups excluding carboxylic acids is 4. The highest BCUT2D eigenvalue weighted by molar-refractivity contribution is 5.97. The summed E-state index contributed by atoms with van der Waals surface area (Å²) in [7, 11) is 0. The Balaban J connectivity index is 2.26. The summed E-state index contributed by atoms with van der Waals surface area (Å²) in [6.07, 6.45) is 3.63. The zero-order chi connectivity index (χ0) is 23.7. The number of aliphatic imine (C=N–C) groups is 1. The van der Waals surface area contributed by atoms with Crippen LogP contribution in [-0.2, 0) is 19.2 Å². The number of carbonyl (C=O) groups is 4. The van der Waals surface area contributed by atoms with Gasteiger partial charge in [-0.1, -0.05) is 0 Å². The predicted octanol–water partition coefficient (Wildman–Crippen LogP) is -2.35. The van der Waals surface area contributed by atoms with Crippen molar-refractivity contribution >= 4 is 29.6 Å². The molecule has 180 valence electrons. The Hall–Kier alpha value is -2.89. The highest BCUT2D eigenvalue weighted by Crippen LogP contribution is 2.20. The Morgan fingerprint density at radius 3 is 2.34 bits per heavy atom. The van der Waals surface area contributed by atoms with E-state index in [-0.39, 0.29) is 17.8 Å². The molecule has 2 heterocycles. The van der Waals surface area contributed by atoms with Crippen LogP contribution in [0, 0.1) is 0 Å². The van der Waals surface area contributed by atoms with Gasteiger partial charge in [-0.25, -0.2) is 0 Å². The summed E-state index contributed by atoms with van der Waals surface area (Å²) in [6.45, 7) is 2.75. The van der Waals surface area contributed by atoms with Crippen LogP contribution in [0.15, 0.2) is 4.99 Å². The first-order valence-corrected chi connectivity index (χ1v) is 11.2. The average Bonchev–Trinajstić information content (AvgIpc) is 3.23. The number of guanidine groups is 1. The van der Waals surface area contributed by atoms with Crippen LogP contribution in [0.2, 0.25) is 0 Å². The quantitative estimate of drug-likeness (QED) is 0.134. The Morgan fingerprint density at radius 1 is 0.969 bits per heavy atom. The van der Waals surface area contributed by atoms with Crippen molar-refractivity contribution in [3.05, 3.63) is 0 Å². The Morgan fingerprint density at radius 2 is 1.66 bits per heavy atom. The minimum absolute atomic E-state index is 0.0490. The lowest BCUT2D eigenvalue weighted by molar-refractivity contribution is -0.143. The molecule has 0 aromatic heterocycles. The molecule has 12 heteroatoms. The zero-order valence-corrected chi connectivity index (χ0v) is 18.6. The molecule has 2 rings (SSSR count). The van der Waals surface area contributed by atoms with Crippen molar-refractivity contribution in [1.29, 1.82) is 0 Å². The minimum Gasteiger partial charge on any atom is -0.370 e. The van der Waals surface area contributed by atoms with E-state index in [1.807, 2.05) is 0 Å². The standard InChI is InChI=1S/C20H36N8O4/c1-12-16(29)26-13(6-2-3-9-21)17(30)27-14(7-4-10-24-20(22)23)19(32)28-11-5-8-15(28)18(31)25-12/h12-15H,2-11,21H2,1H3,(H,25,31)(H,26,29)(H,27,30)(H4,22,23,24)/t12-,13-,14-,15-/m0/s1. The molecule has 32 heavy (non-hydrogen) atoms. The molecule has 2 fully saturated rings. The smallest absolute Gasteiger partial charge is 0.245 e. The van der Waals surface area contributed by atoms with Crippen molar-refractivity contribution in [2.24, 2.45) is 22.2 Å². The van der Waals surface area contributed by atoms with E-state index in [1.54, 1.807) is 6.92 Å². The van der Waals surface area contributed by atoms with Crippen LogP contribution in [0.4, 0.5) is 0 Å². The number of amides is 4. The molecule has 0 saturated carbocycles. The monoisotopic (exact) mass is 452 g/mol. The number of nitrogens with one attached hydrogen (secondary N) is 3. The molecule has 0 aromatic carbocycles. The molecule has 0 spiro atoms. The first-order valence-electron chi connectivity index (χ1n) is 11.2. The molecular formula is C20H36N8O4. The second-order valence-corrected chi connectivity index (χ2v) is 8.28. The molecular weight excluding hydrogens is 416 g/mol. The first kappa shape index (κ1) is 25.4. The maximum atomic E-state index is 13.3. The van der Waals surface area contributed by atoms with Gasteiger partial charge >= 0.3 is 0 Å². The normalized spacial score (nSPS) is 26.9. The van der Waals surface area contributed by atoms with E-state index in [0.29, 0.717) is 64.6 Å². The molecule has 0 bridgehead atoms. The van der Waals surface area contributed by atoms with Crippen LogP contribution in [0.25, 0.3) is 0 Å². The van der Waals surface area contributed by atoms with Gasteiger partial charge in [-0.2, -0.15) is 0 Å². The number of hydrogen-bond acceptors (Lipinski definition) is 6. The van der Waals surface area contributed by atoms with Crippen molar-refractivity contribution < 1.29 is 19.2 Å². The van der Waals surface area contributed by atoms with Crippen LogP contribution < -0.4 is 33.2 Å². The van der Waals surface area contributed by atoms with Crippen molar-refractivity contribution in [3.63, 3.8) is 0 Å². The van der Waals surface area contributed by atoms with Gasteiger partial charge in [0.25, 0.3) is 0 Å². The van der Waals surface area contributed by atoms with Gasteiger partial charge < -0.3 is 38.1 Å². The zero-order valence-electron chi connectivity index (χ0n) is 18.6. The lowest BCUT2D eigenvalue weighted by atomic mass is 10.0. The van der Waals surface area contributed by atoms with Crippen LogP contribution in [0.5, 0.6) is 0 Å². The van der Waals surface area contributed by atoms with Gasteiger partial charge in [0.15, 0.2) is 5.96 Å². The fourth-order valence-electron chi connectivity index (χ4n) is 3.97. The Labute approximate surface area is 188 Å². The van der Waals surface area contributed by atoms with Crippen molar-refractivity contribution in [1.82, 2.24) is 20.9 Å². The molecule has 2 saturated heterocycles. The summed E-state index contributed by atoms with van der Waals surface area (Å²) in [5, 5.41) is 8.18. The average molecular weight is 453 g/mol. The van der Waals surface area contributed by atoms with E-state index in [9.17, 15) is 19.2 Å². The number of rotatable bonds is 8. The Kier molecular flexibility index (Phi) is 9.69. The highest BCUT2D eigenvalue weighted by atomic mass is 16.2. The van der Waals surface area contributed by atoms with Gasteiger partial charge in [0, 0.05) is 13.1 Å². The second-order valence-electron chi connectivity index (χ2n) is 8.28. The minimum atomic E-state index is -0.851. The van der Waals surface area contributed by atoms with E-state index in [2.05, 4.69) is 20.9 Å². The molecule has 9 N–H and O–H groups in total. The third kappa shape index (κ3) is 7.08. The molecule has 0 radical (unpaired) electrons. The maximum Gasteiger partial charge on any atom is 0.245 e. The molecule has 0 unspecified atom stereocenters. The molecule has 0 aromatic rings. The van der Waals surface area contributed by atoms with Gasteiger partial charge in [-0.15, -0.1) is 0 Å². The third-order valence-corrected chi connectivity index (χ3v) is 5.73. The van der Waals surface area contributed by atoms with E-state index in [1.165, 1.54) is 4.90 Å². The van der Waals surface area contributed by atoms with Crippen LogP contribution in [0.3, 0.4) is 0 Å². The van der Waals surface area contributed by atoms with Crippen LogP contribution in [0.1, 0.15) is 51.9 Å². The summed E-state index contributed by atoms with van der Waals surface area (Å²) in [4.78, 5) is 57.2. The van der Waals surface area contributed by atoms with Crippen molar-refractivity contribution in [2.75, 3.05) is 19.6 Å². The molecule has 2 aliphatic rings. The van der Waals surface area contributed by atoms with Gasteiger partial charge in [-0.05, 0) is 58.4 Å². The summed E-state index contributed by atoms with van der Waals surface area (Å²) < 4.78 is 0. The topological polar surface area (TPSA) is 198 Å². The highest BCUT2D eigenvalue weighted by Gasteiger charge is 2.39. The number of fused-ring (bicyclic) bond motifs is 1. The summed E-state index contributed by atoms with van der Waals surface area (Å²) in [5.74, 6) is -1.63. The molecule has 12 nitrogen and oxygen atoms in total. The predicted molar refractivity (Wildman–Crippen MR) is 119 cm³/mol. The van der Waals surface area contributed by atoms with Crippen molar-refractivity contribution in [2.45, 2.75) is 76.0 Å². The summed E-state index contributed by atoms with van der Waals surface area (Å²) >= 11 is 0. The fourth-order valence-corrected chi connectivity index (χ4v) is 3.97. The van der Waals surface area contributed by atoms with Gasteiger partial charge in [0.05, 0.1) is 0 Å². The Bertz CT molecular complexity index is 724. The number of hydrogen-bond donors (Lipinski definition) is 6. The number of unbranched alkanes of at least 4 members (excludes halogenated alkanes) is 1. The first-order chi connectivity index (χ1) is 15.2. The summed E-state index contributed by atoms with van der Waals surface area (Å²) in [5.41, 5.74) is 16.3. The largest absolute Gasteiger partial charge is 0.370 e. The molecule has 4 amide bonds. The van der Waals surface area contributed by atoms with Crippen LogP contribution >= 0.6 is 0 Å². The number of nitrogens with two attached hydrogens (primary N) is 3. The molecule has 2 aliphatic heterocycles. The lowest BCUT2D eigenvalue weighted by Gasteiger charge is -2.31. The van der Waals surface area contributed by atoms with E-state index < -0.39 is 36.0 Å². The van der Waals surface area contributed by atoms with E-state index >= 15 is 0 Å². The second kappa shape index (κ2) is 12.2.